The zero-order valence-corrected chi connectivity index (χ0v) is 8.83. The van der Waals surface area contributed by atoms with Crippen LogP contribution in [-0.2, 0) is 14.3 Å². The molecule has 5 heteroatoms. The third-order valence-electron chi connectivity index (χ3n) is 2.76. The lowest BCUT2D eigenvalue weighted by atomic mass is 9.92. The van der Waals surface area contributed by atoms with Gasteiger partial charge in [-0.15, -0.1) is 0 Å². The van der Waals surface area contributed by atoms with E-state index in [-0.39, 0.29) is 6.42 Å². The molecule has 1 aliphatic rings. The van der Waals surface area contributed by atoms with E-state index >= 15 is 0 Å². The molecule has 17 heavy (non-hydrogen) atoms. The first-order valence-corrected chi connectivity index (χ1v) is 5.10. The third-order valence-corrected chi connectivity index (χ3v) is 2.76. The van der Waals surface area contributed by atoms with Gasteiger partial charge >= 0.3 is 11.9 Å². The van der Waals surface area contributed by atoms with E-state index in [4.69, 9.17) is 9.84 Å². The van der Waals surface area contributed by atoms with Crippen LogP contribution >= 0.6 is 0 Å². The van der Waals surface area contributed by atoms with Gasteiger partial charge in [-0.3, -0.25) is 14.4 Å². The maximum Gasteiger partial charge on any atom is 0.311 e. The summed E-state index contributed by atoms with van der Waals surface area (Å²) in [7, 11) is 0. The zero-order valence-electron chi connectivity index (χ0n) is 8.83. The van der Waals surface area contributed by atoms with E-state index in [9.17, 15) is 14.4 Å². The average molecular weight is 234 g/mol. The molecule has 0 amide bonds. The summed E-state index contributed by atoms with van der Waals surface area (Å²) in [6.45, 7) is 0. The molecule has 1 saturated heterocycles. The van der Waals surface area contributed by atoms with Crippen molar-refractivity contribution in [3.05, 3.63) is 35.4 Å². The molecule has 2 rings (SSSR count). The van der Waals surface area contributed by atoms with Crippen LogP contribution in [-0.4, -0.2) is 23.3 Å². The molecule has 1 fully saturated rings. The number of aliphatic carboxylic acids is 1. The molecule has 0 aliphatic carbocycles. The molecule has 1 heterocycles. The minimum Gasteiger partial charge on any atom is -0.481 e. The largest absolute Gasteiger partial charge is 0.481 e. The van der Waals surface area contributed by atoms with Crippen LogP contribution in [0.2, 0.25) is 0 Å². The zero-order chi connectivity index (χ0) is 12.4. The highest BCUT2D eigenvalue weighted by molar-refractivity contribution is 5.84. The minimum absolute atomic E-state index is 0.160. The smallest absolute Gasteiger partial charge is 0.311 e. The molecule has 0 spiro atoms. The van der Waals surface area contributed by atoms with Crippen molar-refractivity contribution in [3.8, 4) is 0 Å². The lowest BCUT2D eigenvalue weighted by molar-refractivity contribution is -0.144. The summed E-state index contributed by atoms with van der Waals surface area (Å²) in [6, 6.07) is 6.50. The van der Waals surface area contributed by atoms with Crippen LogP contribution in [0.5, 0.6) is 0 Å². The fourth-order valence-electron chi connectivity index (χ4n) is 1.93. The fraction of sp³-hybridized carbons (Fsp3) is 0.250. The highest BCUT2D eigenvalue weighted by Gasteiger charge is 2.41. The first-order chi connectivity index (χ1) is 8.13. The van der Waals surface area contributed by atoms with E-state index in [0.717, 1.165) is 0 Å². The van der Waals surface area contributed by atoms with Crippen LogP contribution < -0.4 is 0 Å². The quantitative estimate of drug-likeness (QED) is 0.627. The van der Waals surface area contributed by atoms with Gasteiger partial charge in [0.15, 0.2) is 0 Å². The SMILES string of the molecule is O=Cc1ccccc1C1OC(=O)CC1C(=O)O. The molecule has 1 aliphatic heterocycles. The topological polar surface area (TPSA) is 80.7 Å². The molecule has 2 unspecified atom stereocenters. The molecular weight excluding hydrogens is 224 g/mol. The number of carboxylic acids is 1. The molecule has 0 aromatic heterocycles. The standard InChI is InChI=1S/C12H10O5/c13-6-7-3-1-2-4-8(7)11-9(12(15)16)5-10(14)17-11/h1-4,6,9,11H,5H2,(H,15,16). The number of carbonyl (C=O) groups is 3. The highest BCUT2D eigenvalue weighted by atomic mass is 16.6. The van der Waals surface area contributed by atoms with Gasteiger partial charge < -0.3 is 9.84 Å². The van der Waals surface area contributed by atoms with Crippen molar-refractivity contribution in [2.75, 3.05) is 0 Å². The minimum atomic E-state index is -1.10. The number of esters is 1. The second-order valence-corrected chi connectivity index (χ2v) is 3.81. The Balaban J connectivity index is 2.41. The molecule has 5 nitrogen and oxygen atoms in total. The van der Waals surface area contributed by atoms with E-state index in [2.05, 4.69) is 0 Å². The molecule has 1 N–H and O–H groups in total. The average Bonchev–Trinajstić information content (AvgIpc) is 2.71. The summed E-state index contributed by atoms with van der Waals surface area (Å²) < 4.78 is 4.99. The van der Waals surface area contributed by atoms with Crippen LogP contribution in [0.3, 0.4) is 0 Å². The Labute approximate surface area is 97.0 Å². The number of hydrogen-bond donors (Lipinski definition) is 1. The number of aldehydes is 1. The lowest BCUT2D eigenvalue weighted by Gasteiger charge is -2.15. The summed E-state index contributed by atoms with van der Waals surface area (Å²) in [5.74, 6) is -2.58. The molecule has 0 radical (unpaired) electrons. The van der Waals surface area contributed by atoms with Crippen molar-refractivity contribution in [1.29, 1.82) is 0 Å². The fourth-order valence-corrected chi connectivity index (χ4v) is 1.93. The first kappa shape index (κ1) is 11.3. The Morgan fingerprint density at radius 3 is 2.76 bits per heavy atom. The van der Waals surface area contributed by atoms with Gasteiger partial charge in [0, 0.05) is 11.1 Å². The predicted molar refractivity (Wildman–Crippen MR) is 56.4 cm³/mol. The molecule has 2 atom stereocenters. The Morgan fingerprint density at radius 2 is 2.12 bits per heavy atom. The van der Waals surface area contributed by atoms with Crippen molar-refractivity contribution < 1.29 is 24.2 Å². The highest BCUT2D eigenvalue weighted by Crippen LogP contribution is 2.36. The van der Waals surface area contributed by atoms with Gasteiger partial charge in [0.2, 0.25) is 0 Å². The number of cyclic esters (lactones) is 1. The number of carbonyl (C=O) groups excluding carboxylic acids is 2. The van der Waals surface area contributed by atoms with Gasteiger partial charge in [0.25, 0.3) is 0 Å². The van der Waals surface area contributed by atoms with Crippen LogP contribution in [0.25, 0.3) is 0 Å². The Kier molecular flexibility index (Phi) is 2.91. The normalized spacial score (nSPS) is 23.2. The summed E-state index contributed by atoms with van der Waals surface area (Å²) in [4.78, 5) is 33.0. The van der Waals surface area contributed by atoms with Crippen molar-refractivity contribution >= 4 is 18.2 Å². The molecular formula is C12H10O5. The predicted octanol–water partition coefficient (Wildman–Crippen LogP) is 1.19. The van der Waals surface area contributed by atoms with Crippen LogP contribution in [0.4, 0.5) is 0 Å². The molecule has 1 aromatic rings. The van der Waals surface area contributed by atoms with Crippen LogP contribution in [0.1, 0.15) is 28.4 Å². The molecule has 0 saturated carbocycles. The van der Waals surface area contributed by atoms with Crippen molar-refractivity contribution in [3.63, 3.8) is 0 Å². The van der Waals surface area contributed by atoms with E-state index in [1.165, 1.54) is 0 Å². The number of carboxylic acid groups (broad SMARTS) is 1. The second kappa shape index (κ2) is 4.37. The Hall–Kier alpha value is -2.17. The van der Waals surface area contributed by atoms with Gasteiger partial charge in [0.05, 0.1) is 6.42 Å². The van der Waals surface area contributed by atoms with E-state index in [1.54, 1.807) is 24.3 Å². The number of benzene rings is 1. The summed E-state index contributed by atoms with van der Waals surface area (Å²) >= 11 is 0. The number of ether oxygens (including phenoxy) is 1. The molecule has 88 valence electrons. The maximum absolute atomic E-state index is 11.2. The van der Waals surface area contributed by atoms with Crippen molar-refractivity contribution in [2.24, 2.45) is 5.92 Å². The van der Waals surface area contributed by atoms with Crippen molar-refractivity contribution in [1.82, 2.24) is 0 Å². The summed E-state index contributed by atoms with van der Waals surface area (Å²) in [6.07, 6.45) is -0.408. The van der Waals surface area contributed by atoms with Gasteiger partial charge in [0.1, 0.15) is 18.3 Å². The van der Waals surface area contributed by atoms with E-state index in [1.807, 2.05) is 0 Å². The monoisotopic (exact) mass is 234 g/mol. The van der Waals surface area contributed by atoms with E-state index < -0.39 is 24.0 Å². The number of hydrogen-bond acceptors (Lipinski definition) is 4. The Bertz CT molecular complexity index is 480. The summed E-state index contributed by atoms with van der Waals surface area (Å²) in [5.41, 5.74) is 0.791. The van der Waals surface area contributed by atoms with Crippen LogP contribution in [0, 0.1) is 5.92 Å². The second-order valence-electron chi connectivity index (χ2n) is 3.81. The van der Waals surface area contributed by atoms with Gasteiger partial charge in [-0.1, -0.05) is 24.3 Å². The third kappa shape index (κ3) is 2.04. The number of rotatable bonds is 3. The van der Waals surface area contributed by atoms with Gasteiger partial charge in [-0.05, 0) is 0 Å². The van der Waals surface area contributed by atoms with Crippen LogP contribution in [0.15, 0.2) is 24.3 Å². The lowest BCUT2D eigenvalue weighted by Crippen LogP contribution is -2.18. The first-order valence-electron chi connectivity index (χ1n) is 5.10. The molecule has 0 bridgehead atoms. The van der Waals surface area contributed by atoms with Gasteiger partial charge in [-0.25, -0.2) is 0 Å². The summed E-state index contributed by atoms with van der Waals surface area (Å²) in [5, 5.41) is 9.01. The Morgan fingerprint density at radius 1 is 1.41 bits per heavy atom. The van der Waals surface area contributed by atoms with Gasteiger partial charge in [-0.2, -0.15) is 0 Å². The maximum atomic E-state index is 11.2. The van der Waals surface area contributed by atoms with Crippen molar-refractivity contribution in [2.45, 2.75) is 12.5 Å². The molecule has 1 aromatic carbocycles. The van der Waals surface area contributed by atoms with E-state index in [0.29, 0.717) is 17.4 Å².